The van der Waals surface area contributed by atoms with Crippen LogP contribution in [0.25, 0.3) is 0 Å². The highest BCUT2D eigenvalue weighted by molar-refractivity contribution is 9.10. The number of nitrogens with one attached hydrogen (secondary N) is 1. The van der Waals surface area contributed by atoms with Crippen LogP contribution >= 0.6 is 27.7 Å². The van der Waals surface area contributed by atoms with Gasteiger partial charge in [0.15, 0.2) is 5.16 Å². The molecule has 0 fully saturated rings. The summed E-state index contributed by atoms with van der Waals surface area (Å²) in [7, 11) is 0. The van der Waals surface area contributed by atoms with Gasteiger partial charge in [-0.15, -0.1) is 0 Å². The molecule has 5 heteroatoms. The van der Waals surface area contributed by atoms with Gasteiger partial charge in [0.2, 0.25) is 0 Å². The molecule has 13 heavy (non-hydrogen) atoms. The van der Waals surface area contributed by atoms with Crippen LogP contribution in [-0.2, 0) is 0 Å². The Bertz CT molecular complexity index is 291. The summed E-state index contributed by atoms with van der Waals surface area (Å²) in [6, 6.07) is 0.376. The summed E-state index contributed by atoms with van der Waals surface area (Å²) in [6.07, 6.45) is 3.73. The van der Waals surface area contributed by atoms with E-state index in [1.807, 2.05) is 6.26 Å². The zero-order chi connectivity index (χ0) is 9.84. The minimum absolute atomic E-state index is 0.376. The molecule has 0 saturated carbocycles. The summed E-state index contributed by atoms with van der Waals surface area (Å²) in [4.78, 5) is 8.45. The molecule has 0 aliphatic rings. The van der Waals surface area contributed by atoms with Crippen molar-refractivity contribution in [3.63, 3.8) is 0 Å². The maximum absolute atomic E-state index is 4.32. The Morgan fingerprint density at radius 1 is 1.54 bits per heavy atom. The second kappa shape index (κ2) is 4.81. The Morgan fingerprint density at radius 3 is 2.77 bits per heavy atom. The lowest BCUT2D eigenvalue weighted by atomic mass is 10.4. The van der Waals surface area contributed by atoms with Crippen LogP contribution in [0.2, 0.25) is 0 Å². The number of anilines is 1. The van der Waals surface area contributed by atoms with Gasteiger partial charge in [0.25, 0.3) is 0 Å². The van der Waals surface area contributed by atoms with Crippen LogP contribution in [-0.4, -0.2) is 22.3 Å². The first-order chi connectivity index (χ1) is 6.13. The maximum atomic E-state index is 4.32. The number of rotatable bonds is 3. The number of halogens is 1. The number of aromatic nitrogens is 2. The average molecular weight is 262 g/mol. The molecule has 0 atom stereocenters. The van der Waals surface area contributed by atoms with Crippen LogP contribution in [0.1, 0.15) is 13.8 Å². The fourth-order valence-electron chi connectivity index (χ4n) is 0.824. The zero-order valence-electron chi connectivity index (χ0n) is 7.84. The molecule has 72 valence electrons. The van der Waals surface area contributed by atoms with Crippen LogP contribution in [0.4, 0.5) is 5.82 Å². The Hall–Kier alpha value is -0.290. The summed E-state index contributed by atoms with van der Waals surface area (Å²) in [5.74, 6) is 0.856. The van der Waals surface area contributed by atoms with Crippen molar-refractivity contribution in [2.45, 2.75) is 25.0 Å². The first-order valence-electron chi connectivity index (χ1n) is 3.96. The van der Waals surface area contributed by atoms with Crippen molar-refractivity contribution in [1.82, 2.24) is 9.97 Å². The van der Waals surface area contributed by atoms with E-state index in [2.05, 4.69) is 45.1 Å². The molecule has 0 unspecified atom stereocenters. The zero-order valence-corrected chi connectivity index (χ0v) is 10.2. The van der Waals surface area contributed by atoms with Crippen molar-refractivity contribution in [2.24, 2.45) is 0 Å². The standard InChI is InChI=1S/C8H12BrN3S/c1-5(2)11-7-6(9)4-10-8(12-7)13-3/h4-5H,1-3H3,(H,10,11,12). The largest absolute Gasteiger partial charge is 0.367 e. The summed E-state index contributed by atoms with van der Waals surface area (Å²) >= 11 is 4.93. The van der Waals surface area contributed by atoms with Gasteiger partial charge >= 0.3 is 0 Å². The van der Waals surface area contributed by atoms with E-state index in [1.54, 1.807) is 6.20 Å². The van der Waals surface area contributed by atoms with E-state index < -0.39 is 0 Å². The highest BCUT2D eigenvalue weighted by atomic mass is 79.9. The van der Waals surface area contributed by atoms with Crippen LogP contribution < -0.4 is 5.32 Å². The van der Waals surface area contributed by atoms with Crippen molar-refractivity contribution in [1.29, 1.82) is 0 Å². The lowest BCUT2D eigenvalue weighted by Gasteiger charge is -2.10. The summed E-state index contributed by atoms with van der Waals surface area (Å²) in [5.41, 5.74) is 0. The third-order valence-electron chi connectivity index (χ3n) is 1.33. The van der Waals surface area contributed by atoms with Crippen molar-refractivity contribution in [3.05, 3.63) is 10.7 Å². The second-order valence-corrected chi connectivity index (χ2v) is 4.48. The van der Waals surface area contributed by atoms with E-state index in [9.17, 15) is 0 Å². The SMILES string of the molecule is CSc1ncc(Br)c(NC(C)C)n1. The minimum Gasteiger partial charge on any atom is -0.367 e. The Labute approximate surface area is 90.9 Å². The number of thioether (sulfide) groups is 1. The summed E-state index contributed by atoms with van der Waals surface area (Å²) < 4.78 is 0.902. The molecular formula is C8H12BrN3S. The van der Waals surface area contributed by atoms with E-state index in [4.69, 9.17) is 0 Å². The molecule has 0 bridgehead atoms. The number of hydrogen-bond acceptors (Lipinski definition) is 4. The fourth-order valence-corrected chi connectivity index (χ4v) is 1.47. The number of hydrogen-bond donors (Lipinski definition) is 1. The fraction of sp³-hybridized carbons (Fsp3) is 0.500. The van der Waals surface area contributed by atoms with Crippen molar-refractivity contribution >= 4 is 33.5 Å². The van der Waals surface area contributed by atoms with Gasteiger partial charge in [-0.25, -0.2) is 9.97 Å². The number of nitrogens with zero attached hydrogens (tertiary/aromatic N) is 2. The molecule has 1 rings (SSSR count). The van der Waals surface area contributed by atoms with Gasteiger partial charge in [0, 0.05) is 12.2 Å². The maximum Gasteiger partial charge on any atom is 0.189 e. The van der Waals surface area contributed by atoms with Crippen molar-refractivity contribution in [2.75, 3.05) is 11.6 Å². The van der Waals surface area contributed by atoms with Gasteiger partial charge in [-0.2, -0.15) is 0 Å². The minimum atomic E-state index is 0.376. The average Bonchev–Trinajstić information content (AvgIpc) is 2.08. The van der Waals surface area contributed by atoms with E-state index in [0.717, 1.165) is 15.4 Å². The molecule has 0 radical (unpaired) electrons. The van der Waals surface area contributed by atoms with E-state index >= 15 is 0 Å². The Kier molecular flexibility index (Phi) is 3.99. The molecule has 1 heterocycles. The lowest BCUT2D eigenvalue weighted by Crippen LogP contribution is -2.12. The molecule has 0 aliphatic carbocycles. The van der Waals surface area contributed by atoms with E-state index in [-0.39, 0.29) is 0 Å². The highest BCUT2D eigenvalue weighted by Gasteiger charge is 2.04. The second-order valence-electron chi connectivity index (χ2n) is 2.85. The predicted octanol–water partition coefficient (Wildman–Crippen LogP) is 2.78. The lowest BCUT2D eigenvalue weighted by molar-refractivity contribution is 0.863. The van der Waals surface area contributed by atoms with Gasteiger partial charge in [-0.1, -0.05) is 11.8 Å². The van der Waals surface area contributed by atoms with Gasteiger partial charge in [0.05, 0.1) is 4.47 Å². The quantitative estimate of drug-likeness (QED) is 0.671. The predicted molar refractivity (Wildman–Crippen MR) is 60.3 cm³/mol. The van der Waals surface area contributed by atoms with Crippen LogP contribution in [0, 0.1) is 0 Å². The topological polar surface area (TPSA) is 37.8 Å². The molecular weight excluding hydrogens is 250 g/mol. The molecule has 0 aliphatic heterocycles. The van der Waals surface area contributed by atoms with Crippen LogP contribution in [0.5, 0.6) is 0 Å². The monoisotopic (exact) mass is 261 g/mol. The molecule has 0 aromatic carbocycles. The third kappa shape index (κ3) is 3.15. The Balaban J connectivity index is 2.90. The van der Waals surface area contributed by atoms with Crippen molar-refractivity contribution < 1.29 is 0 Å². The molecule has 1 aromatic rings. The van der Waals surface area contributed by atoms with Crippen molar-refractivity contribution in [3.8, 4) is 0 Å². The molecule has 3 nitrogen and oxygen atoms in total. The first-order valence-corrected chi connectivity index (χ1v) is 5.98. The van der Waals surface area contributed by atoms with Gasteiger partial charge in [-0.3, -0.25) is 0 Å². The highest BCUT2D eigenvalue weighted by Crippen LogP contribution is 2.21. The van der Waals surface area contributed by atoms with Crippen LogP contribution in [0.15, 0.2) is 15.8 Å². The summed E-state index contributed by atoms with van der Waals surface area (Å²) in [6.45, 7) is 4.15. The molecule has 1 N–H and O–H groups in total. The third-order valence-corrected chi connectivity index (χ3v) is 2.47. The first kappa shape index (κ1) is 10.8. The van der Waals surface area contributed by atoms with Gasteiger partial charge < -0.3 is 5.32 Å². The summed E-state index contributed by atoms with van der Waals surface area (Å²) in [5, 5.41) is 4.02. The Morgan fingerprint density at radius 2 is 2.23 bits per heavy atom. The molecule has 1 aromatic heterocycles. The molecule has 0 amide bonds. The van der Waals surface area contributed by atoms with Gasteiger partial charge in [-0.05, 0) is 36.0 Å². The van der Waals surface area contributed by atoms with E-state index in [1.165, 1.54) is 11.8 Å². The smallest absolute Gasteiger partial charge is 0.189 e. The van der Waals surface area contributed by atoms with E-state index in [0.29, 0.717) is 6.04 Å². The normalized spacial score (nSPS) is 10.5. The van der Waals surface area contributed by atoms with Crippen LogP contribution in [0.3, 0.4) is 0 Å². The molecule has 0 saturated heterocycles. The molecule has 0 spiro atoms. The van der Waals surface area contributed by atoms with Gasteiger partial charge in [0.1, 0.15) is 5.82 Å².